The van der Waals surface area contributed by atoms with Gasteiger partial charge in [-0.15, -0.1) is 11.3 Å². The number of amides is 2. The molecule has 0 aromatic carbocycles. The van der Waals surface area contributed by atoms with Crippen LogP contribution in [0, 0.1) is 0 Å². The van der Waals surface area contributed by atoms with Crippen LogP contribution < -0.4 is 5.56 Å². The Balaban J connectivity index is 1.75. The van der Waals surface area contributed by atoms with Crippen molar-refractivity contribution >= 4 is 45.1 Å². The molecule has 3 aromatic heterocycles. The van der Waals surface area contributed by atoms with E-state index in [0.29, 0.717) is 53.7 Å². The molecule has 0 saturated heterocycles. The van der Waals surface area contributed by atoms with Crippen molar-refractivity contribution in [1.29, 1.82) is 0 Å². The Hall–Kier alpha value is -2.59. The molecule has 0 spiro atoms. The first-order chi connectivity index (χ1) is 15.4. The Labute approximate surface area is 194 Å². The lowest BCUT2D eigenvalue weighted by Gasteiger charge is -2.25. The summed E-state index contributed by atoms with van der Waals surface area (Å²) in [5.41, 5.74) is 0.863. The van der Waals surface area contributed by atoms with E-state index in [0.717, 1.165) is 10.4 Å². The van der Waals surface area contributed by atoms with E-state index in [1.165, 1.54) is 23.1 Å². The lowest BCUT2D eigenvalue weighted by molar-refractivity contribution is -0.130. The third-order valence-corrected chi connectivity index (χ3v) is 7.78. The van der Waals surface area contributed by atoms with E-state index in [9.17, 15) is 14.4 Å². The number of fused-ring (bicyclic) bond motifs is 3. The zero-order valence-electron chi connectivity index (χ0n) is 18.4. The highest BCUT2D eigenvalue weighted by atomic mass is 32.2. The SMILES string of the molecule is CCN(CC)C(=O)CSc1nc2sc3c(c2c(=O)n1Cc1ccco1)CCN(C(C)=O)C3. The van der Waals surface area contributed by atoms with Crippen LogP contribution in [0.4, 0.5) is 0 Å². The van der Waals surface area contributed by atoms with Crippen LogP contribution in [-0.2, 0) is 29.1 Å². The highest BCUT2D eigenvalue weighted by molar-refractivity contribution is 7.99. The number of thiophene rings is 1. The first-order valence-corrected chi connectivity index (χ1v) is 12.5. The minimum absolute atomic E-state index is 0.0152. The fourth-order valence-corrected chi connectivity index (χ4v) is 6.11. The van der Waals surface area contributed by atoms with Crippen molar-refractivity contribution in [1.82, 2.24) is 19.4 Å². The molecular weight excluding hydrogens is 448 g/mol. The highest BCUT2D eigenvalue weighted by Gasteiger charge is 2.26. The molecule has 4 heterocycles. The molecule has 0 fully saturated rings. The zero-order chi connectivity index (χ0) is 22.8. The van der Waals surface area contributed by atoms with Crippen LogP contribution in [-0.4, -0.2) is 56.6 Å². The number of carbonyl (C=O) groups excluding carboxylic acids is 2. The molecule has 32 heavy (non-hydrogen) atoms. The summed E-state index contributed by atoms with van der Waals surface area (Å²) in [6, 6.07) is 3.60. The van der Waals surface area contributed by atoms with Gasteiger partial charge in [-0.3, -0.25) is 19.0 Å². The smallest absolute Gasteiger partial charge is 0.263 e. The molecule has 0 radical (unpaired) electrons. The first kappa shape index (κ1) is 22.6. The van der Waals surface area contributed by atoms with Gasteiger partial charge >= 0.3 is 0 Å². The maximum Gasteiger partial charge on any atom is 0.263 e. The molecule has 0 unspecified atom stereocenters. The predicted molar refractivity (Wildman–Crippen MR) is 125 cm³/mol. The second kappa shape index (κ2) is 9.50. The molecule has 8 nitrogen and oxygen atoms in total. The molecule has 4 rings (SSSR count). The van der Waals surface area contributed by atoms with Crippen molar-refractivity contribution in [3.63, 3.8) is 0 Å². The largest absolute Gasteiger partial charge is 0.467 e. The fourth-order valence-electron chi connectivity index (χ4n) is 3.93. The van der Waals surface area contributed by atoms with Gasteiger partial charge in [0.15, 0.2) is 5.16 Å². The van der Waals surface area contributed by atoms with Gasteiger partial charge in [-0.1, -0.05) is 11.8 Å². The fraction of sp³-hybridized carbons (Fsp3) is 0.455. The molecule has 0 atom stereocenters. The average Bonchev–Trinajstić information content (AvgIpc) is 3.42. The number of rotatable bonds is 7. The van der Waals surface area contributed by atoms with E-state index >= 15 is 0 Å². The lowest BCUT2D eigenvalue weighted by Crippen LogP contribution is -2.34. The number of hydrogen-bond donors (Lipinski definition) is 0. The Morgan fingerprint density at radius 3 is 2.75 bits per heavy atom. The molecule has 170 valence electrons. The predicted octanol–water partition coefficient (Wildman–Crippen LogP) is 2.96. The molecule has 1 aliphatic rings. The van der Waals surface area contributed by atoms with Crippen LogP contribution in [0.15, 0.2) is 32.8 Å². The molecule has 2 amide bonds. The Morgan fingerprint density at radius 1 is 1.31 bits per heavy atom. The van der Waals surface area contributed by atoms with Gasteiger partial charge in [0.2, 0.25) is 11.8 Å². The van der Waals surface area contributed by atoms with E-state index in [2.05, 4.69) is 0 Å². The van der Waals surface area contributed by atoms with Crippen molar-refractivity contribution in [2.24, 2.45) is 0 Å². The summed E-state index contributed by atoms with van der Waals surface area (Å²) in [6.45, 7) is 8.10. The van der Waals surface area contributed by atoms with Gasteiger partial charge in [0.05, 0.1) is 30.5 Å². The van der Waals surface area contributed by atoms with Crippen LogP contribution in [0.3, 0.4) is 0 Å². The molecule has 0 saturated carbocycles. The third-order valence-electron chi connectivity index (χ3n) is 5.71. The van der Waals surface area contributed by atoms with Gasteiger partial charge in [0.25, 0.3) is 5.56 Å². The normalized spacial score (nSPS) is 13.4. The highest BCUT2D eigenvalue weighted by Crippen LogP contribution is 2.34. The maximum absolute atomic E-state index is 13.6. The summed E-state index contributed by atoms with van der Waals surface area (Å²) in [4.78, 5) is 48.0. The van der Waals surface area contributed by atoms with Gasteiger partial charge in [0.1, 0.15) is 10.6 Å². The van der Waals surface area contributed by atoms with E-state index in [4.69, 9.17) is 9.40 Å². The van der Waals surface area contributed by atoms with E-state index < -0.39 is 0 Å². The zero-order valence-corrected chi connectivity index (χ0v) is 20.1. The molecule has 0 N–H and O–H groups in total. The van der Waals surface area contributed by atoms with Crippen LogP contribution in [0.1, 0.15) is 37.0 Å². The molecular formula is C22H26N4O4S2. The molecule has 0 bridgehead atoms. The van der Waals surface area contributed by atoms with Crippen LogP contribution in [0.25, 0.3) is 10.2 Å². The van der Waals surface area contributed by atoms with Crippen molar-refractivity contribution in [2.45, 2.75) is 45.4 Å². The first-order valence-electron chi connectivity index (χ1n) is 10.7. The standard InChI is InChI=1S/C22H26N4O4S2/c1-4-24(5-2)18(28)13-31-22-23-20-19(21(29)26(22)11-15-7-6-10-30-15)16-8-9-25(14(3)27)12-17(16)32-20/h6-7,10H,4-5,8-9,11-13H2,1-3H3. The quantitative estimate of drug-likeness (QED) is 0.386. The minimum Gasteiger partial charge on any atom is -0.467 e. The average molecular weight is 475 g/mol. The second-order valence-corrected chi connectivity index (χ2v) is 9.62. The van der Waals surface area contributed by atoms with Gasteiger partial charge in [-0.05, 0) is 38.0 Å². The van der Waals surface area contributed by atoms with Crippen molar-refractivity contribution in [3.8, 4) is 0 Å². The molecule has 1 aliphatic heterocycles. The van der Waals surface area contributed by atoms with Crippen molar-refractivity contribution in [3.05, 3.63) is 45.0 Å². The number of carbonyl (C=O) groups is 2. The van der Waals surface area contributed by atoms with Crippen LogP contribution >= 0.6 is 23.1 Å². The second-order valence-electron chi connectivity index (χ2n) is 7.59. The summed E-state index contributed by atoms with van der Waals surface area (Å²) in [6.07, 6.45) is 2.21. The number of thioether (sulfide) groups is 1. The number of nitrogens with zero attached hydrogens (tertiary/aromatic N) is 4. The summed E-state index contributed by atoms with van der Waals surface area (Å²) in [7, 11) is 0. The maximum atomic E-state index is 13.6. The summed E-state index contributed by atoms with van der Waals surface area (Å²) in [5.74, 6) is 0.905. The van der Waals surface area contributed by atoms with Crippen LogP contribution in [0.5, 0.6) is 0 Å². The molecule has 3 aromatic rings. The minimum atomic E-state index is -0.127. The van der Waals surface area contributed by atoms with Crippen molar-refractivity contribution in [2.75, 3.05) is 25.4 Å². The summed E-state index contributed by atoms with van der Waals surface area (Å²) in [5, 5.41) is 1.13. The van der Waals surface area contributed by atoms with Gasteiger partial charge in [-0.25, -0.2) is 4.98 Å². The number of furan rings is 1. The van der Waals surface area contributed by atoms with Gasteiger partial charge in [0, 0.05) is 31.4 Å². The number of hydrogen-bond acceptors (Lipinski definition) is 7. The Bertz CT molecular complexity index is 1190. The number of aromatic nitrogens is 2. The van der Waals surface area contributed by atoms with Gasteiger partial charge < -0.3 is 14.2 Å². The monoisotopic (exact) mass is 474 g/mol. The molecule has 0 aliphatic carbocycles. The van der Waals surface area contributed by atoms with Crippen LogP contribution in [0.2, 0.25) is 0 Å². The van der Waals surface area contributed by atoms with Gasteiger partial charge in [-0.2, -0.15) is 0 Å². The Kier molecular flexibility index (Phi) is 6.71. The van der Waals surface area contributed by atoms with Crippen molar-refractivity contribution < 1.29 is 14.0 Å². The molecule has 10 heteroatoms. The van der Waals surface area contributed by atoms with E-state index in [1.54, 1.807) is 33.6 Å². The lowest BCUT2D eigenvalue weighted by atomic mass is 10.1. The third kappa shape index (κ3) is 4.33. The van der Waals surface area contributed by atoms with E-state index in [1.807, 2.05) is 19.9 Å². The summed E-state index contributed by atoms with van der Waals surface area (Å²) < 4.78 is 7.08. The Morgan fingerprint density at radius 2 is 2.09 bits per heavy atom. The van der Waals surface area contributed by atoms with E-state index in [-0.39, 0.29) is 29.7 Å². The summed E-state index contributed by atoms with van der Waals surface area (Å²) >= 11 is 2.74. The topological polar surface area (TPSA) is 88.7 Å².